The van der Waals surface area contributed by atoms with Gasteiger partial charge in [0.05, 0.1) is 6.26 Å². The molecule has 0 saturated heterocycles. The van der Waals surface area contributed by atoms with Gasteiger partial charge in [-0.25, -0.2) is 0 Å². The van der Waals surface area contributed by atoms with E-state index in [0.29, 0.717) is 17.8 Å². The van der Waals surface area contributed by atoms with Crippen LogP contribution in [-0.4, -0.2) is 19.2 Å². The molecule has 2 bridgehead atoms. The first-order valence-corrected chi connectivity index (χ1v) is 9.38. The van der Waals surface area contributed by atoms with Crippen molar-refractivity contribution in [2.24, 2.45) is 29.6 Å². The monoisotopic (exact) mass is 314 g/mol. The Kier molecular flexibility index (Phi) is 5.25. The van der Waals surface area contributed by atoms with E-state index in [9.17, 15) is 5.11 Å². The van der Waals surface area contributed by atoms with Gasteiger partial charge < -0.3 is 9.84 Å². The van der Waals surface area contributed by atoms with Crippen molar-refractivity contribution in [3.8, 4) is 0 Å². The molecule has 0 aliphatic heterocycles. The highest BCUT2D eigenvalue weighted by atomic mass is 16.6. The van der Waals surface area contributed by atoms with Gasteiger partial charge in [0.25, 0.3) is 0 Å². The maximum Gasteiger partial charge on any atom is 0.196 e. The minimum absolute atomic E-state index is 0.456. The summed E-state index contributed by atoms with van der Waals surface area (Å²) in [5.41, 5.74) is 3.61. The third kappa shape index (κ3) is 3.87. The number of aliphatic hydroxyl groups excluding tert-OH is 1. The molecule has 0 aromatic heterocycles. The predicted molar refractivity (Wildman–Crippen MR) is 94.7 cm³/mol. The van der Waals surface area contributed by atoms with Gasteiger partial charge in [-0.15, -0.1) is 5.47 Å². The molecular weight excluding hydrogens is 283 g/mol. The molecule has 2 radical (unpaired) electrons. The Bertz CT molecular complexity index is 496. The van der Waals surface area contributed by atoms with Gasteiger partial charge in [-0.3, -0.25) is 0 Å². The lowest BCUT2D eigenvalue weighted by molar-refractivity contribution is -0.0713. The first-order valence-electron chi connectivity index (χ1n) is 9.38. The molecular formula is C20H31BO2. The SMILES string of the molecule is [B]C1=C(C)CC(C/C(C)=C/OC(O)CC2CC3CCC2C3)C1C. The Morgan fingerprint density at radius 1 is 1.35 bits per heavy atom. The molecule has 1 N–H and O–H groups in total. The second-order valence-electron chi connectivity index (χ2n) is 8.42. The van der Waals surface area contributed by atoms with Crippen LogP contribution in [-0.2, 0) is 4.74 Å². The van der Waals surface area contributed by atoms with Gasteiger partial charge in [-0.2, -0.15) is 0 Å². The van der Waals surface area contributed by atoms with Crippen LogP contribution >= 0.6 is 0 Å². The molecule has 23 heavy (non-hydrogen) atoms. The van der Waals surface area contributed by atoms with Crippen molar-refractivity contribution in [3.63, 3.8) is 0 Å². The first-order chi connectivity index (χ1) is 10.9. The zero-order valence-electron chi connectivity index (χ0n) is 14.9. The summed E-state index contributed by atoms with van der Waals surface area (Å²) in [6.45, 7) is 6.45. The van der Waals surface area contributed by atoms with Crippen LogP contribution in [0, 0.1) is 29.6 Å². The van der Waals surface area contributed by atoms with Crippen molar-refractivity contribution in [3.05, 3.63) is 22.9 Å². The molecule has 6 unspecified atom stereocenters. The average molecular weight is 314 g/mol. The summed E-state index contributed by atoms with van der Waals surface area (Å²) < 4.78 is 5.62. The molecule has 0 spiro atoms. The van der Waals surface area contributed by atoms with Gasteiger partial charge >= 0.3 is 0 Å². The van der Waals surface area contributed by atoms with Crippen LogP contribution in [0.3, 0.4) is 0 Å². The number of fused-ring (bicyclic) bond motifs is 2. The molecule has 3 heteroatoms. The van der Waals surface area contributed by atoms with Crippen molar-refractivity contribution >= 4 is 7.85 Å². The zero-order valence-corrected chi connectivity index (χ0v) is 14.9. The van der Waals surface area contributed by atoms with Crippen LogP contribution in [0.15, 0.2) is 22.9 Å². The molecule has 3 aliphatic rings. The van der Waals surface area contributed by atoms with E-state index in [1.54, 1.807) is 6.26 Å². The summed E-state index contributed by atoms with van der Waals surface area (Å²) in [4.78, 5) is 0. The molecule has 6 atom stereocenters. The van der Waals surface area contributed by atoms with E-state index in [4.69, 9.17) is 12.6 Å². The fourth-order valence-electron chi connectivity index (χ4n) is 5.22. The summed E-state index contributed by atoms with van der Waals surface area (Å²) in [7, 11) is 6.12. The Labute approximate surface area is 142 Å². The quantitative estimate of drug-likeness (QED) is 0.443. The average Bonchev–Trinajstić information content (AvgIpc) is 3.18. The van der Waals surface area contributed by atoms with E-state index in [-0.39, 0.29) is 0 Å². The lowest BCUT2D eigenvalue weighted by Gasteiger charge is -2.24. The fraction of sp³-hybridized carbons (Fsp3) is 0.800. The lowest BCUT2D eigenvalue weighted by atomic mass is 9.80. The van der Waals surface area contributed by atoms with Gasteiger partial charge in [0, 0.05) is 6.42 Å². The molecule has 3 aliphatic carbocycles. The molecule has 0 heterocycles. The maximum absolute atomic E-state index is 10.2. The molecule has 0 amide bonds. The van der Waals surface area contributed by atoms with E-state index in [2.05, 4.69) is 20.8 Å². The highest BCUT2D eigenvalue weighted by molar-refractivity contribution is 6.22. The van der Waals surface area contributed by atoms with Crippen LogP contribution in [0.2, 0.25) is 0 Å². The smallest absolute Gasteiger partial charge is 0.196 e. The summed E-state index contributed by atoms with van der Waals surface area (Å²) in [6, 6.07) is 0. The standard InChI is InChI=1S/C20H31BO2/c1-12(6-17-7-13(2)20(21)14(17)3)11-23-19(22)10-18-9-15-4-5-16(18)8-15/h11,14-19,22H,4-10H2,1-3H3/b12-11+. The molecule has 2 nitrogen and oxygen atoms in total. The molecule has 2 fully saturated rings. The summed E-state index contributed by atoms with van der Waals surface area (Å²) >= 11 is 0. The number of allylic oxidation sites excluding steroid dienone is 3. The number of rotatable bonds is 6. The van der Waals surface area contributed by atoms with Gasteiger partial charge in [0.2, 0.25) is 0 Å². The molecule has 3 rings (SSSR count). The number of hydrogen-bond acceptors (Lipinski definition) is 2. The van der Waals surface area contributed by atoms with E-state index >= 15 is 0 Å². The summed E-state index contributed by atoms with van der Waals surface area (Å²) in [5, 5.41) is 10.2. The van der Waals surface area contributed by atoms with Crippen molar-refractivity contribution in [1.82, 2.24) is 0 Å². The lowest BCUT2D eigenvalue weighted by Crippen LogP contribution is -2.19. The Balaban J connectivity index is 1.42. The largest absolute Gasteiger partial charge is 0.473 e. The third-order valence-corrected chi connectivity index (χ3v) is 6.66. The fourth-order valence-corrected chi connectivity index (χ4v) is 5.22. The predicted octanol–water partition coefficient (Wildman–Crippen LogP) is 4.54. The summed E-state index contributed by atoms with van der Waals surface area (Å²) in [5.74, 6) is 3.49. The molecule has 0 aromatic rings. The second kappa shape index (κ2) is 7.05. The van der Waals surface area contributed by atoms with E-state index in [1.807, 2.05) is 0 Å². The summed E-state index contributed by atoms with van der Waals surface area (Å²) in [6.07, 6.45) is 9.51. The van der Waals surface area contributed by atoms with Crippen molar-refractivity contribution in [1.29, 1.82) is 0 Å². The van der Waals surface area contributed by atoms with Crippen molar-refractivity contribution in [2.75, 3.05) is 0 Å². The topological polar surface area (TPSA) is 29.5 Å². The highest BCUT2D eigenvalue weighted by Crippen LogP contribution is 2.50. The highest BCUT2D eigenvalue weighted by Gasteiger charge is 2.40. The Morgan fingerprint density at radius 3 is 2.70 bits per heavy atom. The van der Waals surface area contributed by atoms with E-state index < -0.39 is 6.29 Å². The minimum Gasteiger partial charge on any atom is -0.473 e. The Morgan fingerprint density at radius 2 is 2.13 bits per heavy atom. The second-order valence-corrected chi connectivity index (χ2v) is 8.42. The van der Waals surface area contributed by atoms with Crippen molar-refractivity contribution < 1.29 is 9.84 Å². The van der Waals surface area contributed by atoms with Crippen LogP contribution < -0.4 is 0 Å². The van der Waals surface area contributed by atoms with E-state index in [1.165, 1.54) is 36.8 Å². The van der Waals surface area contributed by atoms with Gasteiger partial charge in [-0.1, -0.05) is 18.9 Å². The van der Waals surface area contributed by atoms with E-state index in [0.717, 1.165) is 36.6 Å². The zero-order chi connectivity index (χ0) is 16.6. The molecule has 0 aromatic carbocycles. The number of aliphatic hydroxyl groups is 1. The first kappa shape index (κ1) is 17.1. The van der Waals surface area contributed by atoms with Crippen LogP contribution in [0.4, 0.5) is 0 Å². The molecule has 2 saturated carbocycles. The normalized spacial score (nSPS) is 38.4. The minimum atomic E-state index is -0.639. The van der Waals surface area contributed by atoms with Crippen LogP contribution in [0.5, 0.6) is 0 Å². The Hall–Kier alpha value is -0.695. The number of hydrogen-bond donors (Lipinski definition) is 1. The van der Waals surface area contributed by atoms with Crippen molar-refractivity contribution in [2.45, 2.75) is 72.0 Å². The number of ether oxygens (including phenoxy) is 1. The van der Waals surface area contributed by atoms with Gasteiger partial charge in [0.15, 0.2) is 6.29 Å². The van der Waals surface area contributed by atoms with Crippen LogP contribution in [0.25, 0.3) is 0 Å². The maximum atomic E-state index is 10.2. The molecule has 126 valence electrons. The van der Waals surface area contributed by atoms with Gasteiger partial charge in [0.1, 0.15) is 7.85 Å². The third-order valence-electron chi connectivity index (χ3n) is 6.66. The van der Waals surface area contributed by atoms with Gasteiger partial charge in [-0.05, 0) is 81.1 Å². The van der Waals surface area contributed by atoms with Crippen LogP contribution in [0.1, 0.15) is 65.7 Å².